The smallest absolute Gasteiger partial charge is 0.297 e. The number of pyridine rings is 1. The first-order chi connectivity index (χ1) is 15.4. The van der Waals surface area contributed by atoms with Crippen molar-refractivity contribution in [2.24, 2.45) is 0 Å². The van der Waals surface area contributed by atoms with Crippen molar-refractivity contribution in [1.82, 2.24) is 4.57 Å². The van der Waals surface area contributed by atoms with Crippen LogP contribution in [0.15, 0.2) is 94.6 Å². The third-order valence-electron chi connectivity index (χ3n) is 5.70. The molecule has 5 rings (SSSR count). The van der Waals surface area contributed by atoms with E-state index in [1.54, 1.807) is 30.3 Å². The van der Waals surface area contributed by atoms with Gasteiger partial charge in [-0.25, -0.2) is 0 Å². The summed E-state index contributed by atoms with van der Waals surface area (Å²) in [5, 5.41) is 3.19. The van der Waals surface area contributed by atoms with Crippen LogP contribution in [0.3, 0.4) is 0 Å². The van der Waals surface area contributed by atoms with E-state index in [9.17, 15) is 13.2 Å². The van der Waals surface area contributed by atoms with Crippen molar-refractivity contribution in [3.63, 3.8) is 0 Å². The molecule has 0 aliphatic heterocycles. The van der Waals surface area contributed by atoms with Crippen LogP contribution in [0.2, 0.25) is 0 Å². The van der Waals surface area contributed by atoms with Gasteiger partial charge in [-0.15, -0.1) is 0 Å². The number of rotatable bonds is 5. The highest BCUT2D eigenvalue weighted by Crippen LogP contribution is 2.25. The summed E-state index contributed by atoms with van der Waals surface area (Å²) in [7, 11) is -3.87. The van der Waals surface area contributed by atoms with E-state index in [-0.39, 0.29) is 23.5 Å². The second-order valence-electron chi connectivity index (χ2n) is 7.80. The molecular weight excluding hydrogens is 422 g/mol. The normalized spacial score (nSPS) is 12.0. The van der Waals surface area contributed by atoms with Crippen LogP contribution in [0.1, 0.15) is 5.56 Å². The van der Waals surface area contributed by atoms with E-state index in [0.29, 0.717) is 10.8 Å². The Hall–Kier alpha value is -3.48. The first kappa shape index (κ1) is 20.4. The maximum Gasteiger partial charge on any atom is 0.297 e. The monoisotopic (exact) mass is 443 g/mol. The molecule has 5 aromatic rings. The summed E-state index contributed by atoms with van der Waals surface area (Å²) in [6, 6.07) is 25.7. The molecule has 0 aliphatic carbocycles. The molecule has 0 aliphatic rings. The summed E-state index contributed by atoms with van der Waals surface area (Å²) in [5.74, 6) is 0. The molecule has 0 atom stereocenters. The van der Waals surface area contributed by atoms with Gasteiger partial charge in [0.05, 0.1) is 22.5 Å². The highest BCUT2D eigenvalue weighted by Gasteiger charge is 2.16. The fourth-order valence-corrected chi connectivity index (χ4v) is 4.96. The lowest BCUT2D eigenvalue weighted by atomic mass is 10.0. The minimum Gasteiger partial charge on any atom is -0.338 e. The first-order valence-corrected chi connectivity index (χ1v) is 11.7. The molecule has 1 aromatic heterocycles. The largest absolute Gasteiger partial charge is 0.338 e. The maximum atomic E-state index is 13.2. The van der Waals surface area contributed by atoms with Gasteiger partial charge in [0, 0.05) is 17.3 Å². The molecule has 0 radical (unpaired) electrons. The summed E-state index contributed by atoms with van der Waals surface area (Å²) in [6.45, 7) is 2.12. The van der Waals surface area contributed by atoms with Crippen LogP contribution in [0.5, 0.6) is 0 Å². The van der Waals surface area contributed by atoms with Gasteiger partial charge < -0.3 is 4.57 Å². The van der Waals surface area contributed by atoms with Crippen molar-refractivity contribution in [2.75, 3.05) is 6.61 Å². The average Bonchev–Trinajstić information content (AvgIpc) is 2.80. The number of hydrogen-bond donors (Lipinski definition) is 0. The molecule has 32 heavy (non-hydrogen) atoms. The molecule has 0 unspecified atom stereocenters. The fraction of sp³-hybridized carbons (Fsp3) is 0.115. The summed E-state index contributed by atoms with van der Waals surface area (Å²) < 4.78 is 32.5. The quantitative estimate of drug-likeness (QED) is 0.283. The maximum absolute atomic E-state index is 13.2. The van der Waals surface area contributed by atoms with Gasteiger partial charge in [0.25, 0.3) is 10.1 Å². The van der Waals surface area contributed by atoms with Crippen LogP contribution in [-0.4, -0.2) is 19.6 Å². The Morgan fingerprint density at radius 3 is 2.19 bits per heavy atom. The fourth-order valence-electron chi connectivity index (χ4n) is 4.06. The molecule has 4 aromatic carbocycles. The Bertz CT molecular complexity index is 1630. The standard InChI is InChI=1S/C26H21NO4S/c1-18-10-12-21(13-11-18)32(29,30)31-15-14-27-24-9-5-4-8-22(24)26(28)23-16-19-6-2-3-7-20(19)17-25(23)27/h2-13,16-17H,14-15H2,1H3. The second-order valence-corrected chi connectivity index (χ2v) is 9.42. The molecule has 0 saturated heterocycles. The van der Waals surface area contributed by atoms with Gasteiger partial charge in [0.15, 0.2) is 5.43 Å². The van der Waals surface area contributed by atoms with Gasteiger partial charge >= 0.3 is 0 Å². The minimum absolute atomic E-state index is 0.0363. The van der Waals surface area contributed by atoms with E-state index in [4.69, 9.17) is 4.18 Å². The van der Waals surface area contributed by atoms with Gasteiger partial charge in [-0.05, 0) is 54.1 Å². The van der Waals surface area contributed by atoms with Gasteiger partial charge in [-0.3, -0.25) is 8.98 Å². The van der Waals surface area contributed by atoms with E-state index in [0.717, 1.165) is 27.4 Å². The summed E-state index contributed by atoms with van der Waals surface area (Å²) in [5.41, 5.74) is 2.44. The number of para-hydroxylation sites is 1. The van der Waals surface area contributed by atoms with Crippen molar-refractivity contribution in [3.05, 3.63) is 101 Å². The van der Waals surface area contributed by atoms with Crippen LogP contribution in [0.25, 0.3) is 32.6 Å². The molecular formula is C26H21NO4S. The molecule has 160 valence electrons. The lowest BCUT2D eigenvalue weighted by molar-refractivity contribution is 0.304. The van der Waals surface area contributed by atoms with E-state index in [1.807, 2.05) is 66.1 Å². The van der Waals surface area contributed by atoms with Crippen LogP contribution in [0, 0.1) is 6.92 Å². The zero-order valence-corrected chi connectivity index (χ0v) is 18.3. The van der Waals surface area contributed by atoms with E-state index in [2.05, 4.69) is 0 Å². The van der Waals surface area contributed by atoms with Gasteiger partial charge in [0.2, 0.25) is 0 Å². The van der Waals surface area contributed by atoms with E-state index >= 15 is 0 Å². The van der Waals surface area contributed by atoms with Gasteiger partial charge in [0.1, 0.15) is 0 Å². The average molecular weight is 444 g/mol. The molecule has 0 saturated carbocycles. The molecule has 0 bridgehead atoms. The van der Waals surface area contributed by atoms with Crippen molar-refractivity contribution in [1.29, 1.82) is 0 Å². The SMILES string of the molecule is Cc1ccc(S(=O)(=O)OCCn2c3ccccc3c(=O)c3cc4ccccc4cc32)cc1. The van der Waals surface area contributed by atoms with E-state index in [1.165, 1.54) is 0 Å². The highest BCUT2D eigenvalue weighted by atomic mass is 32.2. The minimum atomic E-state index is -3.87. The zero-order chi connectivity index (χ0) is 22.3. The van der Waals surface area contributed by atoms with Crippen LogP contribution >= 0.6 is 0 Å². The lowest BCUT2D eigenvalue weighted by Gasteiger charge is -2.16. The summed E-state index contributed by atoms with van der Waals surface area (Å²) >= 11 is 0. The molecule has 6 heteroatoms. The molecule has 0 spiro atoms. The van der Waals surface area contributed by atoms with E-state index < -0.39 is 10.1 Å². The third kappa shape index (κ3) is 3.57. The number of aromatic nitrogens is 1. The predicted molar refractivity (Wildman–Crippen MR) is 128 cm³/mol. The number of hydrogen-bond acceptors (Lipinski definition) is 4. The van der Waals surface area contributed by atoms with Crippen molar-refractivity contribution >= 4 is 42.7 Å². The lowest BCUT2D eigenvalue weighted by Crippen LogP contribution is -2.16. The Balaban J connectivity index is 1.59. The van der Waals surface area contributed by atoms with Crippen molar-refractivity contribution in [2.45, 2.75) is 18.4 Å². The number of benzene rings is 4. The first-order valence-electron chi connectivity index (χ1n) is 10.3. The molecule has 0 fully saturated rings. The van der Waals surface area contributed by atoms with Crippen molar-refractivity contribution in [3.8, 4) is 0 Å². The number of nitrogens with zero attached hydrogens (tertiary/aromatic N) is 1. The topological polar surface area (TPSA) is 65.4 Å². The Labute approximate surface area is 185 Å². The zero-order valence-electron chi connectivity index (χ0n) is 17.5. The van der Waals surface area contributed by atoms with Crippen LogP contribution < -0.4 is 5.43 Å². The summed E-state index contributed by atoms with van der Waals surface area (Å²) in [4.78, 5) is 13.3. The number of aryl methyl sites for hydroxylation is 1. The number of fused-ring (bicyclic) bond motifs is 3. The van der Waals surface area contributed by atoms with Crippen LogP contribution in [-0.2, 0) is 20.8 Å². The Morgan fingerprint density at radius 2 is 1.44 bits per heavy atom. The third-order valence-corrected chi connectivity index (χ3v) is 7.03. The molecule has 1 heterocycles. The molecule has 5 nitrogen and oxygen atoms in total. The summed E-state index contributed by atoms with van der Waals surface area (Å²) in [6.07, 6.45) is 0. The Morgan fingerprint density at radius 1 is 0.781 bits per heavy atom. The highest BCUT2D eigenvalue weighted by molar-refractivity contribution is 7.86. The van der Waals surface area contributed by atoms with Crippen molar-refractivity contribution < 1.29 is 12.6 Å². The molecule has 0 N–H and O–H groups in total. The predicted octanol–water partition coefficient (Wildman–Crippen LogP) is 5.02. The van der Waals surface area contributed by atoms with Gasteiger partial charge in [-0.1, -0.05) is 54.1 Å². The van der Waals surface area contributed by atoms with Gasteiger partial charge in [-0.2, -0.15) is 8.42 Å². The second kappa shape index (κ2) is 7.89. The van der Waals surface area contributed by atoms with Crippen LogP contribution in [0.4, 0.5) is 0 Å². The Kier molecular flexibility index (Phi) is 5.04. The molecule has 0 amide bonds.